The Bertz CT molecular complexity index is 315. The molecule has 0 aromatic heterocycles. The SMILES string of the molecule is CC[Si](CC)(CCc1cccc(F)c1)OC. The summed E-state index contributed by atoms with van der Waals surface area (Å²) in [5.74, 6) is -0.143. The Kier molecular flexibility index (Phi) is 5.15. The summed E-state index contributed by atoms with van der Waals surface area (Å²) < 4.78 is 18.7. The number of aryl methyl sites for hydroxylation is 1. The normalized spacial score (nSPS) is 11.8. The lowest BCUT2D eigenvalue weighted by Gasteiger charge is -2.27. The van der Waals surface area contributed by atoms with E-state index in [0.717, 1.165) is 30.1 Å². The molecule has 0 radical (unpaired) electrons. The molecule has 0 amide bonds. The van der Waals surface area contributed by atoms with Gasteiger partial charge in [-0.15, -0.1) is 0 Å². The maximum absolute atomic E-state index is 13.0. The molecule has 0 atom stereocenters. The highest BCUT2D eigenvalue weighted by Crippen LogP contribution is 2.23. The Balaban J connectivity index is 2.62. The van der Waals surface area contributed by atoms with Crippen molar-refractivity contribution in [1.29, 1.82) is 0 Å². The smallest absolute Gasteiger partial charge is 0.192 e. The van der Waals surface area contributed by atoms with Crippen LogP contribution < -0.4 is 0 Å². The Hall–Kier alpha value is -0.673. The van der Waals surface area contributed by atoms with E-state index in [0.29, 0.717) is 0 Å². The molecule has 0 fully saturated rings. The van der Waals surface area contributed by atoms with Crippen molar-refractivity contribution in [1.82, 2.24) is 0 Å². The molecule has 0 spiro atoms. The summed E-state index contributed by atoms with van der Waals surface area (Å²) in [6.45, 7) is 4.40. The maximum Gasteiger partial charge on any atom is 0.192 e. The van der Waals surface area contributed by atoms with Crippen LogP contribution in [0.2, 0.25) is 18.1 Å². The van der Waals surface area contributed by atoms with Gasteiger partial charge in [0.15, 0.2) is 8.32 Å². The Morgan fingerprint density at radius 2 is 1.94 bits per heavy atom. The topological polar surface area (TPSA) is 9.23 Å². The molecule has 0 unspecified atom stereocenters. The monoisotopic (exact) mass is 240 g/mol. The Labute approximate surface area is 98.8 Å². The number of hydrogen-bond donors (Lipinski definition) is 0. The van der Waals surface area contributed by atoms with Crippen LogP contribution in [0.1, 0.15) is 19.4 Å². The van der Waals surface area contributed by atoms with Crippen molar-refractivity contribution in [2.45, 2.75) is 38.4 Å². The van der Waals surface area contributed by atoms with Crippen LogP contribution in [0.25, 0.3) is 0 Å². The van der Waals surface area contributed by atoms with Gasteiger partial charge in [-0.1, -0.05) is 26.0 Å². The summed E-state index contributed by atoms with van der Waals surface area (Å²) >= 11 is 0. The quantitative estimate of drug-likeness (QED) is 0.683. The number of rotatable bonds is 6. The van der Waals surface area contributed by atoms with E-state index in [9.17, 15) is 4.39 Å². The highest BCUT2D eigenvalue weighted by atomic mass is 28.4. The van der Waals surface area contributed by atoms with Gasteiger partial charge in [-0.2, -0.15) is 0 Å². The van der Waals surface area contributed by atoms with E-state index < -0.39 is 8.32 Å². The van der Waals surface area contributed by atoms with Gasteiger partial charge in [0.2, 0.25) is 0 Å². The average Bonchev–Trinajstić information content (AvgIpc) is 2.32. The summed E-state index contributed by atoms with van der Waals surface area (Å²) in [6.07, 6.45) is 0.930. The zero-order valence-corrected chi connectivity index (χ0v) is 11.4. The van der Waals surface area contributed by atoms with Crippen molar-refractivity contribution in [2.75, 3.05) is 7.11 Å². The molecule has 16 heavy (non-hydrogen) atoms. The first-order valence-electron chi connectivity index (χ1n) is 5.95. The van der Waals surface area contributed by atoms with Crippen LogP contribution in [0.3, 0.4) is 0 Å². The van der Waals surface area contributed by atoms with Crippen molar-refractivity contribution in [2.24, 2.45) is 0 Å². The highest BCUT2D eigenvalue weighted by molar-refractivity contribution is 6.73. The molecule has 1 aromatic rings. The molecule has 0 aliphatic heterocycles. The van der Waals surface area contributed by atoms with Gasteiger partial charge < -0.3 is 4.43 Å². The fourth-order valence-corrected chi connectivity index (χ4v) is 4.79. The number of halogens is 1. The van der Waals surface area contributed by atoms with E-state index >= 15 is 0 Å². The van der Waals surface area contributed by atoms with Crippen LogP contribution in [0.15, 0.2) is 24.3 Å². The van der Waals surface area contributed by atoms with Crippen LogP contribution in [0.5, 0.6) is 0 Å². The van der Waals surface area contributed by atoms with E-state index in [1.165, 1.54) is 6.07 Å². The lowest BCUT2D eigenvalue weighted by Crippen LogP contribution is -2.35. The lowest BCUT2D eigenvalue weighted by molar-refractivity contribution is 0.391. The molecule has 90 valence electrons. The molecule has 0 heterocycles. The predicted molar refractivity (Wildman–Crippen MR) is 68.6 cm³/mol. The molecular weight excluding hydrogens is 219 g/mol. The first-order valence-corrected chi connectivity index (χ1v) is 8.48. The maximum atomic E-state index is 13.0. The second kappa shape index (κ2) is 6.16. The molecule has 3 heteroatoms. The minimum atomic E-state index is -1.54. The van der Waals surface area contributed by atoms with Crippen LogP contribution in [0, 0.1) is 5.82 Å². The summed E-state index contributed by atoms with van der Waals surface area (Å²) in [7, 11) is 0.284. The van der Waals surface area contributed by atoms with Crippen molar-refractivity contribution in [3.63, 3.8) is 0 Å². The average molecular weight is 240 g/mol. The largest absolute Gasteiger partial charge is 0.420 e. The fraction of sp³-hybridized carbons (Fsp3) is 0.538. The molecular formula is C13H21FOSi. The summed E-state index contributed by atoms with van der Waals surface area (Å²) in [4.78, 5) is 0. The number of hydrogen-bond acceptors (Lipinski definition) is 1. The van der Waals surface area contributed by atoms with Crippen LogP contribution >= 0.6 is 0 Å². The zero-order valence-electron chi connectivity index (χ0n) is 10.4. The van der Waals surface area contributed by atoms with Crippen molar-refractivity contribution < 1.29 is 8.82 Å². The van der Waals surface area contributed by atoms with Gasteiger partial charge in [-0.25, -0.2) is 4.39 Å². The van der Waals surface area contributed by atoms with Gasteiger partial charge in [0, 0.05) is 7.11 Å². The predicted octanol–water partition coefficient (Wildman–Crippen LogP) is 4.00. The molecule has 0 N–H and O–H groups in total. The van der Waals surface area contributed by atoms with E-state index in [1.807, 2.05) is 13.2 Å². The minimum Gasteiger partial charge on any atom is -0.420 e. The third-order valence-electron chi connectivity index (χ3n) is 3.48. The standard InChI is InChI=1S/C13H21FOSi/c1-4-16(5-2,15-3)10-9-12-7-6-8-13(14)11-12/h6-8,11H,4-5,9-10H2,1-3H3. The zero-order chi connectivity index (χ0) is 12.0. The molecule has 1 nitrogen and oxygen atoms in total. The molecule has 0 saturated heterocycles. The van der Waals surface area contributed by atoms with E-state index in [-0.39, 0.29) is 5.82 Å². The summed E-state index contributed by atoms with van der Waals surface area (Å²) in [5, 5.41) is 0. The molecule has 0 saturated carbocycles. The third-order valence-corrected chi connectivity index (χ3v) is 8.08. The van der Waals surface area contributed by atoms with Gasteiger partial charge in [0.1, 0.15) is 5.82 Å². The third kappa shape index (κ3) is 3.42. The molecule has 1 rings (SSSR count). The molecule has 0 bridgehead atoms. The van der Waals surface area contributed by atoms with E-state index in [4.69, 9.17) is 4.43 Å². The molecule has 0 aliphatic rings. The van der Waals surface area contributed by atoms with E-state index in [1.54, 1.807) is 12.1 Å². The number of benzene rings is 1. The van der Waals surface area contributed by atoms with Gasteiger partial charge in [0.25, 0.3) is 0 Å². The molecule has 0 aliphatic carbocycles. The van der Waals surface area contributed by atoms with Gasteiger partial charge in [-0.05, 0) is 42.2 Å². The van der Waals surface area contributed by atoms with Gasteiger partial charge in [-0.3, -0.25) is 0 Å². The molecule has 1 aromatic carbocycles. The Morgan fingerprint density at radius 3 is 2.44 bits per heavy atom. The minimum absolute atomic E-state index is 0.143. The van der Waals surface area contributed by atoms with Crippen molar-refractivity contribution >= 4 is 8.32 Å². The van der Waals surface area contributed by atoms with Crippen molar-refractivity contribution in [3.05, 3.63) is 35.6 Å². The van der Waals surface area contributed by atoms with Gasteiger partial charge >= 0.3 is 0 Å². The first-order chi connectivity index (χ1) is 7.65. The summed E-state index contributed by atoms with van der Waals surface area (Å²) in [5.41, 5.74) is 1.08. The second-order valence-corrected chi connectivity index (χ2v) is 8.91. The van der Waals surface area contributed by atoms with E-state index in [2.05, 4.69) is 13.8 Å². The lowest BCUT2D eigenvalue weighted by atomic mass is 10.2. The summed E-state index contributed by atoms with van der Waals surface area (Å²) in [6, 6.07) is 10.2. The van der Waals surface area contributed by atoms with Crippen molar-refractivity contribution in [3.8, 4) is 0 Å². The second-order valence-electron chi connectivity index (χ2n) is 4.22. The first kappa shape index (κ1) is 13.4. The van der Waals surface area contributed by atoms with Crippen LogP contribution in [-0.4, -0.2) is 15.4 Å². The van der Waals surface area contributed by atoms with Crippen LogP contribution in [0.4, 0.5) is 4.39 Å². The Morgan fingerprint density at radius 1 is 1.25 bits per heavy atom. The fourth-order valence-electron chi connectivity index (χ4n) is 2.06. The van der Waals surface area contributed by atoms with Gasteiger partial charge in [0.05, 0.1) is 0 Å². The highest BCUT2D eigenvalue weighted by Gasteiger charge is 2.28. The van der Waals surface area contributed by atoms with Crippen LogP contribution in [-0.2, 0) is 10.8 Å².